The highest BCUT2D eigenvalue weighted by atomic mass is 16.1. The molecule has 3 unspecified atom stereocenters. The first-order chi connectivity index (χ1) is 10.6. The van der Waals surface area contributed by atoms with Crippen LogP contribution >= 0.6 is 0 Å². The van der Waals surface area contributed by atoms with Crippen LogP contribution in [0.4, 0.5) is 0 Å². The van der Waals surface area contributed by atoms with E-state index in [9.17, 15) is 4.79 Å². The normalized spacial score (nSPS) is 27.3. The number of nitrogens with zero attached hydrogens (tertiary/aromatic N) is 1. The number of piperidine rings is 2. The summed E-state index contributed by atoms with van der Waals surface area (Å²) in [5, 5.41) is 6.61. The lowest BCUT2D eigenvalue weighted by Gasteiger charge is -2.35. The Morgan fingerprint density at radius 1 is 1.27 bits per heavy atom. The zero-order valence-corrected chi connectivity index (χ0v) is 14.7. The highest BCUT2D eigenvalue weighted by molar-refractivity contribution is 5.76. The van der Waals surface area contributed by atoms with E-state index in [0.29, 0.717) is 24.3 Å². The molecule has 0 aromatic heterocycles. The van der Waals surface area contributed by atoms with Gasteiger partial charge in [0.2, 0.25) is 5.91 Å². The molecular weight excluding hydrogens is 274 g/mol. The number of hydrogen-bond acceptors (Lipinski definition) is 3. The second kappa shape index (κ2) is 8.88. The molecule has 0 bridgehead atoms. The molecule has 2 heterocycles. The van der Waals surface area contributed by atoms with Gasteiger partial charge in [0.25, 0.3) is 0 Å². The second-order valence-corrected chi connectivity index (χ2v) is 7.66. The van der Waals surface area contributed by atoms with E-state index in [4.69, 9.17) is 0 Å². The predicted molar refractivity (Wildman–Crippen MR) is 91.8 cm³/mol. The van der Waals surface area contributed by atoms with Crippen LogP contribution in [0.15, 0.2) is 0 Å². The first kappa shape index (κ1) is 17.7. The quantitative estimate of drug-likeness (QED) is 0.791. The molecule has 2 N–H and O–H groups in total. The molecule has 2 saturated heterocycles. The molecule has 0 aliphatic carbocycles. The van der Waals surface area contributed by atoms with Gasteiger partial charge in [0.05, 0.1) is 0 Å². The van der Waals surface area contributed by atoms with Crippen molar-refractivity contribution in [1.29, 1.82) is 0 Å². The zero-order valence-electron chi connectivity index (χ0n) is 14.7. The summed E-state index contributed by atoms with van der Waals surface area (Å²) in [7, 11) is 0. The van der Waals surface area contributed by atoms with Gasteiger partial charge in [-0.1, -0.05) is 13.8 Å². The summed E-state index contributed by atoms with van der Waals surface area (Å²) in [5.41, 5.74) is 0. The molecule has 0 spiro atoms. The molecule has 4 nitrogen and oxygen atoms in total. The number of carbonyl (C=O) groups excluding carboxylic acids is 1. The van der Waals surface area contributed by atoms with Crippen molar-refractivity contribution in [3.63, 3.8) is 0 Å². The van der Waals surface area contributed by atoms with E-state index in [0.717, 1.165) is 25.6 Å². The van der Waals surface area contributed by atoms with Gasteiger partial charge in [-0.25, -0.2) is 0 Å². The summed E-state index contributed by atoms with van der Waals surface area (Å²) >= 11 is 0. The zero-order chi connectivity index (χ0) is 15.9. The van der Waals surface area contributed by atoms with Crippen molar-refractivity contribution in [1.82, 2.24) is 15.5 Å². The smallest absolute Gasteiger partial charge is 0.220 e. The Labute approximate surface area is 136 Å². The highest BCUT2D eigenvalue weighted by Crippen LogP contribution is 2.22. The van der Waals surface area contributed by atoms with Crippen LogP contribution in [0, 0.1) is 17.8 Å². The van der Waals surface area contributed by atoms with Gasteiger partial charge in [-0.2, -0.15) is 0 Å². The average molecular weight is 309 g/mol. The van der Waals surface area contributed by atoms with E-state index >= 15 is 0 Å². The minimum Gasteiger partial charge on any atom is -0.355 e. The fourth-order valence-corrected chi connectivity index (χ4v) is 3.76. The van der Waals surface area contributed by atoms with Crippen molar-refractivity contribution in [3.8, 4) is 0 Å². The number of hydrogen-bond donors (Lipinski definition) is 2. The van der Waals surface area contributed by atoms with Crippen LogP contribution in [-0.2, 0) is 4.79 Å². The lowest BCUT2D eigenvalue weighted by atomic mass is 9.85. The fourth-order valence-electron chi connectivity index (χ4n) is 3.76. The second-order valence-electron chi connectivity index (χ2n) is 7.66. The lowest BCUT2D eigenvalue weighted by molar-refractivity contribution is -0.122. The largest absolute Gasteiger partial charge is 0.355 e. The summed E-state index contributed by atoms with van der Waals surface area (Å²) in [6.07, 6.45) is 5.79. The maximum absolute atomic E-state index is 12.2. The SMILES string of the molecule is CC1CCN(C(C)CNC(=O)CC(C)C2CCCNC2)CC1. The molecule has 1 amide bonds. The fraction of sp³-hybridized carbons (Fsp3) is 0.944. The summed E-state index contributed by atoms with van der Waals surface area (Å²) in [6.45, 7) is 12.2. The molecular formula is C18H35N3O. The maximum Gasteiger partial charge on any atom is 0.220 e. The Kier molecular flexibility index (Phi) is 7.16. The highest BCUT2D eigenvalue weighted by Gasteiger charge is 2.23. The summed E-state index contributed by atoms with van der Waals surface area (Å²) in [6, 6.07) is 0.461. The predicted octanol–water partition coefficient (Wildman–Crippen LogP) is 2.25. The molecule has 2 aliphatic rings. The molecule has 4 heteroatoms. The number of likely N-dealkylation sites (tertiary alicyclic amines) is 1. The Morgan fingerprint density at radius 2 is 2.00 bits per heavy atom. The molecule has 128 valence electrons. The number of nitrogens with one attached hydrogen (secondary N) is 2. The Balaban J connectivity index is 1.64. The summed E-state index contributed by atoms with van der Waals surface area (Å²) in [4.78, 5) is 14.7. The van der Waals surface area contributed by atoms with Gasteiger partial charge in [-0.15, -0.1) is 0 Å². The van der Waals surface area contributed by atoms with Crippen molar-refractivity contribution in [2.24, 2.45) is 17.8 Å². The van der Waals surface area contributed by atoms with E-state index in [1.807, 2.05) is 0 Å². The van der Waals surface area contributed by atoms with E-state index in [1.165, 1.54) is 38.8 Å². The third-order valence-electron chi connectivity index (χ3n) is 5.68. The molecule has 3 atom stereocenters. The molecule has 0 aromatic rings. The van der Waals surface area contributed by atoms with Crippen molar-refractivity contribution >= 4 is 5.91 Å². The van der Waals surface area contributed by atoms with E-state index < -0.39 is 0 Å². The maximum atomic E-state index is 12.2. The van der Waals surface area contributed by atoms with Crippen LogP contribution in [0.25, 0.3) is 0 Å². The molecule has 2 fully saturated rings. The standard InChI is InChI=1S/C18H35N3O/c1-14-6-9-21(10-7-14)16(3)12-20-18(22)11-15(2)17-5-4-8-19-13-17/h14-17,19H,4-13H2,1-3H3,(H,20,22). The van der Waals surface area contributed by atoms with Crippen molar-refractivity contribution in [2.45, 2.75) is 58.9 Å². The number of carbonyl (C=O) groups is 1. The minimum atomic E-state index is 0.232. The first-order valence-corrected chi connectivity index (χ1v) is 9.27. The molecule has 2 aliphatic heterocycles. The van der Waals surface area contributed by atoms with Crippen LogP contribution in [0.1, 0.15) is 52.9 Å². The average Bonchev–Trinajstić information content (AvgIpc) is 2.54. The molecule has 0 saturated carbocycles. The van der Waals surface area contributed by atoms with Crippen LogP contribution in [-0.4, -0.2) is 49.6 Å². The van der Waals surface area contributed by atoms with Gasteiger partial charge in [-0.05, 0) is 76.5 Å². The Hall–Kier alpha value is -0.610. The van der Waals surface area contributed by atoms with Crippen molar-refractivity contribution < 1.29 is 4.79 Å². The number of amides is 1. The first-order valence-electron chi connectivity index (χ1n) is 9.27. The van der Waals surface area contributed by atoms with Crippen LogP contribution < -0.4 is 10.6 Å². The van der Waals surface area contributed by atoms with Gasteiger partial charge >= 0.3 is 0 Å². The minimum absolute atomic E-state index is 0.232. The molecule has 2 rings (SSSR count). The third kappa shape index (κ3) is 5.54. The van der Waals surface area contributed by atoms with Gasteiger partial charge < -0.3 is 10.6 Å². The summed E-state index contributed by atoms with van der Waals surface area (Å²) < 4.78 is 0. The molecule has 0 aromatic carbocycles. The van der Waals surface area contributed by atoms with Crippen LogP contribution in [0.5, 0.6) is 0 Å². The van der Waals surface area contributed by atoms with E-state index in [1.54, 1.807) is 0 Å². The topological polar surface area (TPSA) is 44.4 Å². The Bertz CT molecular complexity index is 333. The van der Waals surface area contributed by atoms with Crippen LogP contribution in [0.3, 0.4) is 0 Å². The van der Waals surface area contributed by atoms with Gasteiger partial charge in [0.1, 0.15) is 0 Å². The van der Waals surface area contributed by atoms with Gasteiger partial charge in [0, 0.05) is 19.0 Å². The molecule has 0 radical (unpaired) electrons. The van der Waals surface area contributed by atoms with E-state index in [-0.39, 0.29) is 5.91 Å². The van der Waals surface area contributed by atoms with Gasteiger partial charge in [-0.3, -0.25) is 9.69 Å². The van der Waals surface area contributed by atoms with Gasteiger partial charge in [0.15, 0.2) is 0 Å². The summed E-state index contributed by atoms with van der Waals surface area (Å²) in [5.74, 6) is 2.25. The lowest BCUT2D eigenvalue weighted by Crippen LogP contribution is -2.46. The van der Waals surface area contributed by atoms with Crippen molar-refractivity contribution in [3.05, 3.63) is 0 Å². The molecule has 22 heavy (non-hydrogen) atoms. The Morgan fingerprint density at radius 3 is 2.64 bits per heavy atom. The van der Waals surface area contributed by atoms with E-state index in [2.05, 4.69) is 36.3 Å². The monoisotopic (exact) mass is 309 g/mol. The number of rotatable bonds is 6. The van der Waals surface area contributed by atoms with Crippen LogP contribution in [0.2, 0.25) is 0 Å². The van der Waals surface area contributed by atoms with Crippen molar-refractivity contribution in [2.75, 3.05) is 32.7 Å². The third-order valence-corrected chi connectivity index (χ3v) is 5.68.